The van der Waals surface area contributed by atoms with Crippen molar-refractivity contribution in [2.24, 2.45) is 0 Å². The Morgan fingerprint density at radius 1 is 1.00 bits per heavy atom. The van der Waals surface area contributed by atoms with Crippen molar-refractivity contribution in [3.8, 4) is 0 Å². The first-order chi connectivity index (χ1) is 11.9. The predicted octanol–water partition coefficient (Wildman–Crippen LogP) is 2.11. The minimum absolute atomic E-state index is 0.0211. The number of nitrogens with zero attached hydrogens (tertiary/aromatic N) is 3. The Bertz CT molecular complexity index is 849. The molecule has 0 N–H and O–H groups in total. The van der Waals surface area contributed by atoms with Crippen LogP contribution in [-0.2, 0) is 9.59 Å². The molecule has 2 aromatic rings. The third kappa shape index (κ3) is 3.31. The summed E-state index contributed by atoms with van der Waals surface area (Å²) >= 11 is 5.12. The number of carbonyl (C=O) groups excluding carboxylic acids is 2. The van der Waals surface area contributed by atoms with E-state index in [1.165, 1.54) is 14.4 Å². The summed E-state index contributed by atoms with van der Waals surface area (Å²) in [4.78, 5) is 29.6. The Balaban J connectivity index is 1.90. The van der Waals surface area contributed by atoms with Gasteiger partial charge in [-0.2, -0.15) is 0 Å². The third-order valence-electron chi connectivity index (χ3n) is 4.02. The van der Waals surface area contributed by atoms with Gasteiger partial charge < -0.3 is 0 Å². The summed E-state index contributed by atoms with van der Waals surface area (Å²) in [7, 11) is 5.19. The maximum absolute atomic E-state index is 12.4. The first-order valence-corrected chi connectivity index (χ1v) is 9.72. The average molecular weight is 418 g/mol. The van der Waals surface area contributed by atoms with E-state index in [0.29, 0.717) is 0 Å². The second-order valence-electron chi connectivity index (χ2n) is 5.64. The van der Waals surface area contributed by atoms with Gasteiger partial charge in [-0.1, -0.05) is 0 Å². The summed E-state index contributed by atoms with van der Waals surface area (Å²) in [5.74, 6) is -0.704. The Hall–Kier alpha value is -2.21. The topological polar surface area (TPSA) is 43.9 Å². The number of carbonyl (C=O) groups is 2. The summed E-state index contributed by atoms with van der Waals surface area (Å²) in [5, 5.41) is 0.223. The van der Waals surface area contributed by atoms with Crippen molar-refractivity contribution in [2.45, 2.75) is 0 Å². The van der Waals surface area contributed by atoms with Crippen molar-refractivity contribution >= 4 is 60.0 Å². The molecule has 1 aliphatic rings. The fraction of sp³-hybridized carbons (Fsp3) is 0.167. The molecule has 0 bridgehead atoms. The van der Waals surface area contributed by atoms with Crippen LogP contribution in [0.25, 0.3) is 6.08 Å². The molecule has 0 unspecified atom stereocenters. The Kier molecular flexibility index (Phi) is 4.90. The summed E-state index contributed by atoms with van der Waals surface area (Å²) in [5.41, 5.74) is 1.26. The van der Waals surface area contributed by atoms with Gasteiger partial charge in [0.05, 0.1) is 0 Å². The van der Waals surface area contributed by atoms with E-state index in [9.17, 15) is 9.59 Å². The molecule has 128 valence electrons. The fourth-order valence-electron chi connectivity index (χ4n) is 2.50. The van der Waals surface area contributed by atoms with E-state index in [-0.39, 0.29) is 37.0 Å². The van der Waals surface area contributed by atoms with Gasteiger partial charge in [-0.15, -0.1) is 0 Å². The molecule has 7 heteroatoms. The van der Waals surface area contributed by atoms with E-state index in [2.05, 4.69) is 4.90 Å². The van der Waals surface area contributed by atoms with Crippen LogP contribution in [0.3, 0.4) is 0 Å². The zero-order valence-corrected chi connectivity index (χ0v) is 16.6. The van der Waals surface area contributed by atoms with E-state index in [1.807, 2.05) is 49.5 Å². The molecule has 2 heterocycles. The quantitative estimate of drug-likeness (QED) is 0.332. The number of hydrogen-bond donors (Lipinski definition) is 0. The second-order valence-corrected chi connectivity index (χ2v) is 8.30. The van der Waals surface area contributed by atoms with Crippen LogP contribution in [0.2, 0.25) is 0 Å². The molecule has 1 aromatic carbocycles. The second kappa shape index (κ2) is 6.96. The van der Waals surface area contributed by atoms with Crippen LogP contribution in [-0.4, -0.2) is 62.4 Å². The van der Waals surface area contributed by atoms with E-state index in [1.54, 1.807) is 20.2 Å². The van der Waals surface area contributed by atoms with E-state index >= 15 is 0 Å². The summed E-state index contributed by atoms with van der Waals surface area (Å²) in [6.45, 7) is 0. The number of thiocarbonyl (C=S) groups is 1. The Morgan fingerprint density at radius 3 is 2.20 bits per heavy atom. The van der Waals surface area contributed by atoms with Gasteiger partial charge in [0, 0.05) is 0 Å². The summed E-state index contributed by atoms with van der Waals surface area (Å²) < 4.78 is 2.15. The molecule has 0 saturated carbocycles. The molecule has 0 radical (unpaired) electrons. The van der Waals surface area contributed by atoms with Gasteiger partial charge >= 0.3 is 158 Å². The number of benzene rings is 1. The monoisotopic (exact) mass is 419 g/mol. The van der Waals surface area contributed by atoms with Crippen LogP contribution in [0.15, 0.2) is 48.0 Å². The maximum atomic E-state index is 12.4. The molecule has 5 nitrogen and oxygen atoms in total. The zero-order valence-electron chi connectivity index (χ0n) is 14.1. The summed E-state index contributed by atoms with van der Waals surface area (Å²) in [6, 6.07) is 14.1. The number of para-hydroxylation sites is 1. The van der Waals surface area contributed by atoms with Crippen molar-refractivity contribution in [2.75, 3.05) is 26.0 Å². The van der Waals surface area contributed by atoms with E-state index in [4.69, 9.17) is 12.2 Å². The summed E-state index contributed by atoms with van der Waals surface area (Å²) in [6.07, 6.45) is 1.70. The van der Waals surface area contributed by atoms with Crippen molar-refractivity contribution < 1.29 is 9.59 Å². The van der Waals surface area contributed by atoms with Crippen LogP contribution >= 0.6 is 12.2 Å². The van der Waals surface area contributed by atoms with E-state index < -0.39 is 0 Å². The number of rotatable bonds is 3. The van der Waals surface area contributed by atoms with Gasteiger partial charge in [0.1, 0.15) is 0 Å². The van der Waals surface area contributed by atoms with Gasteiger partial charge in [-0.25, -0.2) is 0 Å². The van der Waals surface area contributed by atoms with Gasteiger partial charge in [0.15, 0.2) is 0 Å². The van der Waals surface area contributed by atoms with Crippen LogP contribution in [0.1, 0.15) is 4.44 Å². The number of hydrogen-bond acceptors (Lipinski definition) is 4. The van der Waals surface area contributed by atoms with Gasteiger partial charge in [-0.3, -0.25) is 0 Å². The average Bonchev–Trinajstić information content (AvgIpc) is 3.10. The number of anilines is 2. The zero-order chi connectivity index (χ0) is 18.1. The fourth-order valence-corrected chi connectivity index (χ4v) is 4.62. The minimum atomic E-state index is -0.352. The molecule has 1 aliphatic heterocycles. The first kappa shape index (κ1) is 17.6. The van der Waals surface area contributed by atoms with Crippen molar-refractivity contribution in [3.63, 3.8) is 0 Å². The first-order valence-electron chi connectivity index (χ1n) is 7.60. The van der Waals surface area contributed by atoms with Crippen molar-refractivity contribution in [1.29, 1.82) is 0 Å². The van der Waals surface area contributed by atoms with Crippen molar-refractivity contribution in [1.82, 2.24) is 9.80 Å². The van der Waals surface area contributed by atoms with E-state index in [0.717, 1.165) is 10.1 Å². The van der Waals surface area contributed by atoms with Gasteiger partial charge in [-0.05, 0) is 0 Å². The molecule has 0 aliphatic carbocycles. The molecule has 0 atom stereocenters. The van der Waals surface area contributed by atoms with Crippen LogP contribution in [0.4, 0.5) is 10.2 Å². The SMILES string of the molecule is CN1C(=O)C(=Cc2ccc(N(C)c3ccccc3)[se]2)C(=O)N(C)C1=S. The number of likely N-dealkylation sites (N-methyl/N-ethyl adjacent to an activating group) is 2. The van der Waals surface area contributed by atoms with Crippen LogP contribution in [0, 0.1) is 0 Å². The molecular weight excluding hydrogens is 401 g/mol. The van der Waals surface area contributed by atoms with Crippen LogP contribution < -0.4 is 4.90 Å². The molecule has 0 spiro atoms. The molecule has 2 amide bonds. The molecular formula is C18H17N3O2SSe. The van der Waals surface area contributed by atoms with Gasteiger partial charge in [0.25, 0.3) is 0 Å². The van der Waals surface area contributed by atoms with Gasteiger partial charge in [0.2, 0.25) is 0 Å². The third-order valence-corrected chi connectivity index (χ3v) is 6.89. The molecule has 1 aromatic heterocycles. The van der Waals surface area contributed by atoms with Crippen molar-refractivity contribution in [3.05, 3.63) is 52.5 Å². The Labute approximate surface area is 157 Å². The molecule has 25 heavy (non-hydrogen) atoms. The molecule has 1 saturated heterocycles. The number of amides is 2. The predicted molar refractivity (Wildman–Crippen MR) is 104 cm³/mol. The standard InChI is InChI=1S/C18H17N3O2SSe/c1-19(12-7-5-4-6-8-12)15-10-9-13(25-15)11-14-16(22)20(2)18(24)21(3)17(14)23/h4-11H,1-3H3. The molecule has 3 rings (SSSR count). The van der Waals surface area contributed by atoms with Crippen LogP contribution in [0.5, 0.6) is 0 Å². The molecule has 1 fully saturated rings. The normalized spacial score (nSPS) is 15.0. The Morgan fingerprint density at radius 2 is 1.60 bits per heavy atom.